The number of aryl methyl sites for hydroxylation is 1. The van der Waals surface area contributed by atoms with Gasteiger partial charge in [-0.05, 0) is 30.7 Å². The van der Waals surface area contributed by atoms with Gasteiger partial charge in [-0.15, -0.1) is 0 Å². The second kappa shape index (κ2) is 5.48. The summed E-state index contributed by atoms with van der Waals surface area (Å²) < 4.78 is 13.2. The summed E-state index contributed by atoms with van der Waals surface area (Å²) in [5.41, 5.74) is 0.714. The number of pyridine rings is 1. The number of carbonyl (C=O) groups is 2. The van der Waals surface area contributed by atoms with Gasteiger partial charge < -0.3 is 10.4 Å². The third-order valence-corrected chi connectivity index (χ3v) is 2.74. The first kappa shape index (κ1) is 13.7. The minimum absolute atomic E-state index is 0.0636. The summed E-state index contributed by atoms with van der Waals surface area (Å²) in [6.07, 6.45) is 2.54. The molecule has 1 heterocycles. The minimum Gasteiger partial charge on any atom is -0.478 e. The van der Waals surface area contributed by atoms with E-state index in [1.165, 1.54) is 30.6 Å². The lowest BCUT2D eigenvalue weighted by atomic mass is 10.1. The molecule has 0 saturated carbocycles. The van der Waals surface area contributed by atoms with E-state index in [0.29, 0.717) is 5.56 Å². The van der Waals surface area contributed by atoms with E-state index >= 15 is 0 Å². The molecule has 2 aromatic rings. The number of nitrogens with zero attached hydrogens (tertiary/aromatic N) is 1. The van der Waals surface area contributed by atoms with Gasteiger partial charge in [-0.3, -0.25) is 9.78 Å². The van der Waals surface area contributed by atoms with Gasteiger partial charge in [-0.25, -0.2) is 9.18 Å². The topological polar surface area (TPSA) is 79.3 Å². The maximum Gasteiger partial charge on any atom is 0.337 e. The van der Waals surface area contributed by atoms with E-state index in [-0.39, 0.29) is 16.8 Å². The number of nitrogens with one attached hydrogen (secondary N) is 1. The number of rotatable bonds is 3. The molecule has 0 aliphatic carbocycles. The predicted octanol–water partition coefficient (Wildman–Crippen LogP) is 2.48. The van der Waals surface area contributed by atoms with Gasteiger partial charge in [0.2, 0.25) is 0 Å². The highest BCUT2D eigenvalue weighted by Gasteiger charge is 2.15. The van der Waals surface area contributed by atoms with Crippen LogP contribution in [0.4, 0.5) is 10.1 Å². The first-order valence-corrected chi connectivity index (χ1v) is 5.74. The zero-order chi connectivity index (χ0) is 14.7. The number of anilines is 1. The number of halogens is 1. The predicted molar refractivity (Wildman–Crippen MR) is 70.3 cm³/mol. The molecule has 0 aliphatic rings. The summed E-state index contributed by atoms with van der Waals surface area (Å²) in [4.78, 5) is 26.8. The van der Waals surface area contributed by atoms with E-state index in [1.807, 2.05) is 0 Å². The highest BCUT2D eigenvalue weighted by Crippen LogP contribution is 2.17. The largest absolute Gasteiger partial charge is 0.478 e. The van der Waals surface area contributed by atoms with Crippen molar-refractivity contribution in [1.29, 1.82) is 0 Å². The Morgan fingerprint density at radius 2 is 2.00 bits per heavy atom. The molecule has 0 fully saturated rings. The van der Waals surface area contributed by atoms with E-state index in [4.69, 9.17) is 5.11 Å². The number of aromatic nitrogens is 1. The Morgan fingerprint density at radius 1 is 1.25 bits per heavy atom. The van der Waals surface area contributed by atoms with Crippen LogP contribution in [-0.2, 0) is 0 Å². The lowest BCUT2D eigenvalue weighted by Gasteiger charge is -2.09. The van der Waals surface area contributed by atoms with Crippen molar-refractivity contribution in [3.63, 3.8) is 0 Å². The molecule has 0 unspecified atom stereocenters. The number of aromatic carboxylic acids is 1. The first-order chi connectivity index (χ1) is 9.49. The molecular formula is C14H11FN2O3. The lowest BCUT2D eigenvalue weighted by Crippen LogP contribution is -2.16. The maximum absolute atomic E-state index is 13.2. The SMILES string of the molecule is Cc1ccc(F)cc1C(=O)Nc1cnccc1C(=O)O. The van der Waals surface area contributed by atoms with E-state index in [9.17, 15) is 14.0 Å². The van der Waals surface area contributed by atoms with E-state index in [0.717, 1.165) is 6.07 Å². The van der Waals surface area contributed by atoms with Crippen molar-refractivity contribution in [2.45, 2.75) is 6.92 Å². The van der Waals surface area contributed by atoms with Crippen molar-refractivity contribution in [2.24, 2.45) is 0 Å². The number of amides is 1. The molecule has 102 valence electrons. The third kappa shape index (κ3) is 2.80. The molecule has 0 aliphatic heterocycles. The second-order valence-electron chi connectivity index (χ2n) is 4.14. The summed E-state index contributed by atoms with van der Waals surface area (Å²) in [5, 5.41) is 11.4. The molecule has 5 nitrogen and oxygen atoms in total. The highest BCUT2D eigenvalue weighted by molar-refractivity contribution is 6.08. The molecule has 0 saturated heterocycles. The summed E-state index contributed by atoms with van der Waals surface area (Å²) in [5.74, 6) is -2.30. The zero-order valence-corrected chi connectivity index (χ0v) is 10.6. The summed E-state index contributed by atoms with van der Waals surface area (Å²) in [7, 11) is 0. The van der Waals surface area contributed by atoms with Gasteiger partial charge in [0.05, 0.1) is 17.4 Å². The standard InChI is InChI=1S/C14H11FN2O3/c1-8-2-3-9(15)6-11(8)13(18)17-12-7-16-5-4-10(12)14(19)20/h2-7H,1H3,(H,17,18)(H,19,20). The van der Waals surface area contributed by atoms with Crippen LogP contribution in [-0.4, -0.2) is 22.0 Å². The van der Waals surface area contributed by atoms with Crippen LogP contribution < -0.4 is 5.32 Å². The van der Waals surface area contributed by atoms with E-state index in [1.54, 1.807) is 6.92 Å². The molecule has 2 N–H and O–H groups in total. The smallest absolute Gasteiger partial charge is 0.337 e. The number of hydrogen-bond donors (Lipinski definition) is 2. The quantitative estimate of drug-likeness (QED) is 0.901. The van der Waals surface area contributed by atoms with Gasteiger partial charge in [-0.2, -0.15) is 0 Å². The number of hydrogen-bond acceptors (Lipinski definition) is 3. The van der Waals surface area contributed by atoms with Crippen LogP contribution in [0.2, 0.25) is 0 Å². The van der Waals surface area contributed by atoms with Gasteiger partial charge in [-0.1, -0.05) is 6.07 Å². The van der Waals surface area contributed by atoms with Gasteiger partial charge in [0.25, 0.3) is 5.91 Å². The highest BCUT2D eigenvalue weighted by atomic mass is 19.1. The normalized spacial score (nSPS) is 10.1. The van der Waals surface area contributed by atoms with Crippen molar-refractivity contribution in [3.05, 3.63) is 59.2 Å². The Bertz CT molecular complexity index is 686. The van der Waals surface area contributed by atoms with Crippen LogP contribution >= 0.6 is 0 Å². The van der Waals surface area contributed by atoms with E-state index in [2.05, 4.69) is 10.3 Å². The van der Waals surface area contributed by atoms with Crippen LogP contribution in [0, 0.1) is 12.7 Å². The number of carboxylic acids is 1. The van der Waals surface area contributed by atoms with Gasteiger partial charge in [0.15, 0.2) is 0 Å². The number of carbonyl (C=O) groups excluding carboxylic acids is 1. The minimum atomic E-state index is -1.18. The fourth-order valence-corrected chi connectivity index (χ4v) is 1.71. The van der Waals surface area contributed by atoms with Crippen molar-refractivity contribution >= 4 is 17.6 Å². The average Bonchev–Trinajstić information content (AvgIpc) is 2.41. The maximum atomic E-state index is 13.2. The Kier molecular flexibility index (Phi) is 3.74. The molecule has 0 atom stereocenters. The van der Waals surface area contributed by atoms with Gasteiger partial charge >= 0.3 is 5.97 Å². The van der Waals surface area contributed by atoms with Crippen molar-refractivity contribution < 1.29 is 19.1 Å². The number of carboxylic acid groups (broad SMARTS) is 1. The molecule has 0 radical (unpaired) electrons. The molecule has 2 rings (SSSR count). The molecule has 1 amide bonds. The van der Waals surface area contributed by atoms with Gasteiger partial charge in [0, 0.05) is 11.8 Å². The van der Waals surface area contributed by atoms with Crippen LogP contribution in [0.15, 0.2) is 36.7 Å². The summed E-state index contributed by atoms with van der Waals surface area (Å²) in [6, 6.07) is 5.10. The second-order valence-corrected chi connectivity index (χ2v) is 4.14. The van der Waals surface area contributed by atoms with E-state index < -0.39 is 17.7 Å². The third-order valence-electron chi connectivity index (χ3n) is 2.74. The monoisotopic (exact) mass is 274 g/mol. The van der Waals surface area contributed by atoms with Gasteiger partial charge in [0.1, 0.15) is 5.82 Å². The Hall–Kier alpha value is -2.76. The van der Waals surface area contributed by atoms with Crippen LogP contribution in [0.1, 0.15) is 26.3 Å². The van der Waals surface area contributed by atoms with Crippen molar-refractivity contribution in [1.82, 2.24) is 4.98 Å². The van der Waals surface area contributed by atoms with Crippen LogP contribution in [0.25, 0.3) is 0 Å². The van der Waals surface area contributed by atoms with Crippen molar-refractivity contribution in [2.75, 3.05) is 5.32 Å². The summed E-state index contributed by atoms with van der Waals surface area (Å²) >= 11 is 0. The van der Waals surface area contributed by atoms with Crippen molar-refractivity contribution in [3.8, 4) is 0 Å². The molecular weight excluding hydrogens is 263 g/mol. The molecule has 1 aromatic heterocycles. The Labute approximate surface area is 114 Å². The number of benzene rings is 1. The molecule has 1 aromatic carbocycles. The fourth-order valence-electron chi connectivity index (χ4n) is 1.71. The molecule has 0 spiro atoms. The lowest BCUT2D eigenvalue weighted by molar-refractivity contribution is 0.0698. The zero-order valence-electron chi connectivity index (χ0n) is 10.6. The average molecular weight is 274 g/mol. The Balaban J connectivity index is 2.33. The summed E-state index contributed by atoms with van der Waals surface area (Å²) in [6.45, 7) is 1.66. The molecule has 6 heteroatoms. The fraction of sp³-hybridized carbons (Fsp3) is 0.0714. The van der Waals surface area contributed by atoms with Crippen LogP contribution in [0.3, 0.4) is 0 Å². The van der Waals surface area contributed by atoms with Crippen LogP contribution in [0.5, 0.6) is 0 Å². The molecule has 0 bridgehead atoms. The first-order valence-electron chi connectivity index (χ1n) is 5.74. The molecule has 20 heavy (non-hydrogen) atoms. The Morgan fingerprint density at radius 3 is 2.70 bits per heavy atom.